The molecular formula is C40H75NO12S. The van der Waals surface area contributed by atoms with Crippen LogP contribution in [0.15, 0.2) is 24.3 Å². The molecule has 1 aliphatic heterocycles. The maximum atomic E-state index is 13.0. The molecule has 1 saturated heterocycles. The van der Waals surface area contributed by atoms with Crippen LogP contribution >= 0.6 is 0 Å². The second-order valence-electron chi connectivity index (χ2n) is 14.7. The van der Waals surface area contributed by atoms with Crippen LogP contribution in [0.4, 0.5) is 0 Å². The van der Waals surface area contributed by atoms with E-state index in [1.807, 2.05) is 0 Å². The fourth-order valence-corrected chi connectivity index (χ4v) is 6.97. The van der Waals surface area contributed by atoms with Crippen molar-refractivity contribution in [3.05, 3.63) is 24.3 Å². The fraction of sp³-hybridized carbons (Fsp3) is 0.875. The van der Waals surface area contributed by atoms with Crippen LogP contribution in [0.2, 0.25) is 0 Å². The van der Waals surface area contributed by atoms with Crippen LogP contribution in [0.25, 0.3) is 0 Å². The van der Waals surface area contributed by atoms with E-state index in [2.05, 4.69) is 35.5 Å². The van der Waals surface area contributed by atoms with Gasteiger partial charge < -0.3 is 40.3 Å². The van der Waals surface area contributed by atoms with Crippen molar-refractivity contribution in [2.45, 2.75) is 210 Å². The van der Waals surface area contributed by atoms with E-state index in [0.29, 0.717) is 12.8 Å². The first-order chi connectivity index (χ1) is 25.9. The number of amides is 1. The molecule has 0 aromatic carbocycles. The number of aliphatic hydroxyl groups is 5. The van der Waals surface area contributed by atoms with Gasteiger partial charge in [-0.15, -0.1) is 0 Å². The summed E-state index contributed by atoms with van der Waals surface area (Å²) in [6.45, 7) is 3.09. The smallest absolute Gasteiger partial charge is 0.394 e. The van der Waals surface area contributed by atoms with Gasteiger partial charge in [-0.3, -0.25) is 9.35 Å². The standard InChI is InChI=1S/C40H75NO12S/c1-3-5-7-9-11-13-14-15-16-17-18-19-20-21-23-25-27-29-34(44)39(47)41-32(33(43)28-26-24-22-12-10-8-6-4-2)31-51-40-37(46)38(53-54(48,49)50)36(45)35(30-42)52-40/h10,12,26,28,32-38,40,42-46H,3-9,11,13-25,27,29-31H2,1-2H3,(H,41,47)(H,48,49,50)/b12-10+,28-26+. The maximum Gasteiger partial charge on any atom is 0.397 e. The van der Waals surface area contributed by atoms with E-state index in [1.165, 1.54) is 89.5 Å². The van der Waals surface area contributed by atoms with Crippen molar-refractivity contribution in [1.29, 1.82) is 0 Å². The Balaban J connectivity index is 2.56. The summed E-state index contributed by atoms with van der Waals surface area (Å²) in [6.07, 6.45) is 21.6. The maximum absolute atomic E-state index is 13.0. The molecule has 1 heterocycles. The highest BCUT2D eigenvalue weighted by atomic mass is 32.3. The predicted molar refractivity (Wildman–Crippen MR) is 210 cm³/mol. The van der Waals surface area contributed by atoms with Gasteiger partial charge in [0.2, 0.25) is 5.91 Å². The minimum absolute atomic E-state index is 0.240. The Labute approximate surface area is 325 Å². The third-order valence-corrected chi connectivity index (χ3v) is 10.3. The van der Waals surface area contributed by atoms with Crippen LogP contribution in [0.1, 0.15) is 162 Å². The number of carbonyl (C=O) groups excluding carboxylic acids is 1. The predicted octanol–water partition coefficient (Wildman–Crippen LogP) is 5.96. The van der Waals surface area contributed by atoms with Crippen LogP contribution in [-0.4, -0.2) is 107 Å². The molecule has 7 N–H and O–H groups in total. The van der Waals surface area contributed by atoms with Crippen molar-refractivity contribution in [1.82, 2.24) is 5.32 Å². The average molecular weight is 794 g/mol. The third kappa shape index (κ3) is 24.2. The quantitative estimate of drug-likeness (QED) is 0.0229. The Bertz CT molecular complexity index is 1090. The molecule has 0 aromatic rings. The minimum Gasteiger partial charge on any atom is -0.394 e. The lowest BCUT2D eigenvalue weighted by Crippen LogP contribution is -2.61. The molecule has 1 fully saturated rings. The summed E-state index contributed by atoms with van der Waals surface area (Å²) in [5.41, 5.74) is 0. The summed E-state index contributed by atoms with van der Waals surface area (Å²) in [5.74, 6) is -0.715. The Morgan fingerprint density at radius 2 is 1.24 bits per heavy atom. The fourth-order valence-electron chi connectivity index (χ4n) is 6.46. The van der Waals surface area contributed by atoms with Crippen molar-refractivity contribution < 1.29 is 57.0 Å². The molecule has 8 unspecified atom stereocenters. The van der Waals surface area contributed by atoms with Gasteiger partial charge in [0, 0.05) is 0 Å². The first-order valence-electron chi connectivity index (χ1n) is 20.8. The van der Waals surface area contributed by atoms with Gasteiger partial charge in [-0.05, 0) is 25.7 Å². The van der Waals surface area contributed by atoms with Gasteiger partial charge in [0.15, 0.2) is 6.29 Å². The third-order valence-electron chi connectivity index (χ3n) is 9.84. The molecule has 1 amide bonds. The lowest BCUT2D eigenvalue weighted by atomic mass is 9.99. The van der Waals surface area contributed by atoms with Crippen LogP contribution in [0.5, 0.6) is 0 Å². The molecule has 1 rings (SSSR count). The Kier molecular flexibility index (Phi) is 29.6. The van der Waals surface area contributed by atoms with Gasteiger partial charge in [-0.25, -0.2) is 4.18 Å². The molecule has 0 bridgehead atoms. The lowest BCUT2D eigenvalue weighted by Gasteiger charge is -2.41. The second kappa shape index (κ2) is 31.6. The van der Waals surface area contributed by atoms with Gasteiger partial charge in [0.25, 0.3) is 0 Å². The van der Waals surface area contributed by atoms with E-state index in [-0.39, 0.29) is 6.42 Å². The molecule has 1 aliphatic rings. The normalized spacial score (nSPS) is 22.6. The van der Waals surface area contributed by atoms with Crippen molar-refractivity contribution >= 4 is 16.3 Å². The van der Waals surface area contributed by atoms with E-state index in [0.717, 1.165) is 44.9 Å². The summed E-state index contributed by atoms with van der Waals surface area (Å²) in [6, 6.07) is -1.13. The van der Waals surface area contributed by atoms with E-state index in [4.69, 9.17) is 14.0 Å². The van der Waals surface area contributed by atoms with E-state index >= 15 is 0 Å². The highest BCUT2D eigenvalue weighted by molar-refractivity contribution is 7.80. The van der Waals surface area contributed by atoms with E-state index in [9.17, 15) is 38.7 Å². The topological polar surface area (TPSA) is 212 Å². The number of hydrogen-bond donors (Lipinski definition) is 7. The van der Waals surface area contributed by atoms with Gasteiger partial charge in [0.05, 0.1) is 25.4 Å². The molecule has 0 spiro atoms. The molecule has 318 valence electrons. The largest absolute Gasteiger partial charge is 0.397 e. The van der Waals surface area contributed by atoms with E-state index < -0.39 is 78.5 Å². The zero-order chi connectivity index (χ0) is 40.0. The number of allylic oxidation sites excluding steroid dienone is 3. The summed E-state index contributed by atoms with van der Waals surface area (Å²) in [5, 5.41) is 54.8. The Hall–Kier alpha value is -1.46. The van der Waals surface area contributed by atoms with Crippen LogP contribution in [-0.2, 0) is 28.9 Å². The molecule has 0 aliphatic carbocycles. The average Bonchev–Trinajstić information content (AvgIpc) is 3.14. The molecule has 54 heavy (non-hydrogen) atoms. The van der Waals surface area contributed by atoms with Crippen LogP contribution < -0.4 is 5.32 Å². The number of unbranched alkanes of at least 4 members (excludes halogenated alkanes) is 19. The van der Waals surface area contributed by atoms with E-state index in [1.54, 1.807) is 6.08 Å². The monoisotopic (exact) mass is 794 g/mol. The lowest BCUT2D eigenvalue weighted by molar-refractivity contribution is -0.298. The van der Waals surface area contributed by atoms with Crippen LogP contribution in [0.3, 0.4) is 0 Å². The number of nitrogens with one attached hydrogen (secondary N) is 1. The van der Waals surface area contributed by atoms with Crippen molar-refractivity contribution in [2.24, 2.45) is 0 Å². The van der Waals surface area contributed by atoms with Gasteiger partial charge in [-0.2, -0.15) is 8.42 Å². The first-order valence-corrected chi connectivity index (χ1v) is 22.2. The Morgan fingerprint density at radius 1 is 0.741 bits per heavy atom. The molecule has 8 atom stereocenters. The number of hydrogen-bond acceptors (Lipinski definition) is 11. The summed E-state index contributed by atoms with van der Waals surface area (Å²) in [4.78, 5) is 13.0. The van der Waals surface area contributed by atoms with Gasteiger partial charge in [0.1, 0.15) is 30.5 Å². The summed E-state index contributed by atoms with van der Waals surface area (Å²) >= 11 is 0. The summed E-state index contributed by atoms with van der Waals surface area (Å²) in [7, 11) is -5.11. The Morgan fingerprint density at radius 3 is 1.76 bits per heavy atom. The second-order valence-corrected chi connectivity index (χ2v) is 15.8. The SMILES string of the molecule is CCCC/C=C/CC/C=C/C(O)C(COC1OC(CO)C(O)C(OS(=O)(=O)O)C1O)NC(=O)C(O)CCCCCCCCCCCCCCCCCCC. The highest BCUT2D eigenvalue weighted by Gasteiger charge is 2.48. The van der Waals surface area contributed by atoms with Crippen LogP contribution in [0, 0.1) is 0 Å². The molecule has 0 saturated carbocycles. The zero-order valence-corrected chi connectivity index (χ0v) is 34.0. The molecule has 13 nitrogen and oxygen atoms in total. The first kappa shape index (κ1) is 50.6. The summed E-state index contributed by atoms with van der Waals surface area (Å²) < 4.78 is 47.2. The van der Waals surface area contributed by atoms with Crippen molar-refractivity contribution in [3.8, 4) is 0 Å². The highest BCUT2D eigenvalue weighted by Crippen LogP contribution is 2.26. The van der Waals surface area contributed by atoms with Gasteiger partial charge in [-0.1, -0.05) is 160 Å². The number of aliphatic hydroxyl groups excluding tert-OH is 5. The molecule has 0 radical (unpaired) electrons. The zero-order valence-electron chi connectivity index (χ0n) is 33.1. The minimum atomic E-state index is -5.11. The van der Waals surface area contributed by atoms with Gasteiger partial charge >= 0.3 is 10.4 Å². The molecule has 14 heteroatoms. The van der Waals surface area contributed by atoms with Crippen molar-refractivity contribution in [2.75, 3.05) is 13.2 Å². The van der Waals surface area contributed by atoms with Crippen molar-refractivity contribution in [3.63, 3.8) is 0 Å². The number of carbonyl (C=O) groups is 1. The number of rotatable bonds is 34. The number of ether oxygens (including phenoxy) is 2. The molecular weight excluding hydrogens is 719 g/mol. The molecule has 0 aromatic heterocycles.